The summed E-state index contributed by atoms with van der Waals surface area (Å²) in [5, 5.41) is 12.7. The molecule has 1 rings (SSSR count). The summed E-state index contributed by atoms with van der Waals surface area (Å²) in [7, 11) is -2.84. The average molecular weight is 235 g/mol. The van der Waals surface area contributed by atoms with Crippen LogP contribution in [0.2, 0.25) is 0 Å². The van der Waals surface area contributed by atoms with E-state index in [0.29, 0.717) is 12.3 Å². The van der Waals surface area contributed by atoms with E-state index in [1.165, 1.54) is 0 Å². The van der Waals surface area contributed by atoms with Crippen molar-refractivity contribution in [3.8, 4) is 0 Å². The molecule has 0 aromatic carbocycles. The maximum absolute atomic E-state index is 11.3. The van der Waals surface area contributed by atoms with Crippen molar-refractivity contribution in [2.45, 2.75) is 38.8 Å². The van der Waals surface area contributed by atoms with E-state index in [-0.39, 0.29) is 17.7 Å². The molecule has 0 aromatic heterocycles. The van der Waals surface area contributed by atoms with Gasteiger partial charge in [-0.1, -0.05) is 13.8 Å². The zero-order valence-electron chi connectivity index (χ0n) is 9.44. The van der Waals surface area contributed by atoms with Crippen LogP contribution in [0, 0.1) is 5.92 Å². The fraction of sp³-hybridized carbons (Fsp3) is 1.00. The maximum atomic E-state index is 11.3. The van der Waals surface area contributed by atoms with Gasteiger partial charge >= 0.3 is 0 Å². The van der Waals surface area contributed by atoms with E-state index < -0.39 is 15.9 Å². The van der Waals surface area contributed by atoms with Gasteiger partial charge in [0.25, 0.3) is 0 Å². The fourth-order valence-electron chi connectivity index (χ4n) is 1.71. The van der Waals surface area contributed by atoms with Crippen molar-refractivity contribution in [2.75, 3.05) is 18.1 Å². The number of sulfone groups is 1. The van der Waals surface area contributed by atoms with E-state index in [2.05, 4.69) is 5.32 Å². The SMILES string of the molecule is CC(C)C(O)CNC1CCCS(=O)(=O)C1. The molecule has 1 saturated heterocycles. The van der Waals surface area contributed by atoms with Crippen LogP contribution in [0.15, 0.2) is 0 Å². The molecule has 0 spiro atoms. The Labute approximate surface area is 92.0 Å². The number of rotatable bonds is 4. The van der Waals surface area contributed by atoms with Gasteiger partial charge in [0.2, 0.25) is 0 Å². The maximum Gasteiger partial charge on any atom is 0.151 e. The molecule has 1 aliphatic rings. The van der Waals surface area contributed by atoms with Gasteiger partial charge < -0.3 is 10.4 Å². The summed E-state index contributed by atoms with van der Waals surface area (Å²) in [6.07, 6.45) is 1.23. The Morgan fingerprint density at radius 1 is 1.47 bits per heavy atom. The predicted octanol–water partition coefficient (Wildman–Crippen LogP) is 0.170. The third kappa shape index (κ3) is 4.49. The van der Waals surface area contributed by atoms with Gasteiger partial charge in [-0.05, 0) is 18.8 Å². The lowest BCUT2D eigenvalue weighted by molar-refractivity contribution is 0.120. The van der Waals surface area contributed by atoms with E-state index in [1.54, 1.807) is 0 Å². The summed E-state index contributed by atoms with van der Waals surface area (Å²) < 4.78 is 22.7. The van der Waals surface area contributed by atoms with Crippen LogP contribution in [0.5, 0.6) is 0 Å². The first-order valence-corrected chi connectivity index (χ1v) is 7.35. The molecule has 0 bridgehead atoms. The van der Waals surface area contributed by atoms with Crippen LogP contribution in [0.4, 0.5) is 0 Å². The average Bonchev–Trinajstić information content (AvgIpc) is 2.12. The smallest absolute Gasteiger partial charge is 0.151 e. The van der Waals surface area contributed by atoms with Crippen LogP contribution in [0.1, 0.15) is 26.7 Å². The number of aliphatic hydroxyl groups excluding tert-OH is 1. The molecule has 0 amide bonds. The van der Waals surface area contributed by atoms with Gasteiger partial charge in [-0.3, -0.25) is 0 Å². The lowest BCUT2D eigenvalue weighted by atomic mass is 10.1. The summed E-state index contributed by atoms with van der Waals surface area (Å²) in [6, 6.07) is 0.0251. The molecule has 0 aromatic rings. The Morgan fingerprint density at radius 3 is 2.67 bits per heavy atom. The van der Waals surface area contributed by atoms with Crippen molar-refractivity contribution < 1.29 is 13.5 Å². The first-order chi connectivity index (χ1) is 6.91. The Bertz CT molecular complexity index is 287. The monoisotopic (exact) mass is 235 g/mol. The topological polar surface area (TPSA) is 66.4 Å². The largest absolute Gasteiger partial charge is 0.392 e. The minimum absolute atomic E-state index is 0.0251. The highest BCUT2D eigenvalue weighted by molar-refractivity contribution is 7.91. The van der Waals surface area contributed by atoms with E-state index >= 15 is 0 Å². The molecule has 0 saturated carbocycles. The zero-order valence-corrected chi connectivity index (χ0v) is 10.3. The summed E-state index contributed by atoms with van der Waals surface area (Å²) in [5.74, 6) is 0.744. The summed E-state index contributed by atoms with van der Waals surface area (Å²) in [4.78, 5) is 0. The fourth-order valence-corrected chi connectivity index (χ4v) is 3.38. The van der Waals surface area contributed by atoms with E-state index in [0.717, 1.165) is 12.8 Å². The predicted molar refractivity (Wildman–Crippen MR) is 60.5 cm³/mol. The third-order valence-corrected chi connectivity index (χ3v) is 4.67. The number of hydrogen-bond acceptors (Lipinski definition) is 4. The van der Waals surface area contributed by atoms with Crippen molar-refractivity contribution in [3.63, 3.8) is 0 Å². The lowest BCUT2D eigenvalue weighted by Crippen LogP contribution is -2.44. The first-order valence-electron chi connectivity index (χ1n) is 5.52. The molecule has 5 heteroatoms. The number of hydrogen-bond donors (Lipinski definition) is 2. The number of nitrogens with one attached hydrogen (secondary N) is 1. The van der Waals surface area contributed by atoms with Gasteiger partial charge in [-0.2, -0.15) is 0 Å². The molecule has 2 N–H and O–H groups in total. The standard InChI is InChI=1S/C10H21NO3S/c1-8(2)10(12)6-11-9-4-3-5-15(13,14)7-9/h8-12H,3-7H2,1-2H3. The van der Waals surface area contributed by atoms with Gasteiger partial charge in [0.05, 0.1) is 17.6 Å². The van der Waals surface area contributed by atoms with Crippen LogP contribution in [0.3, 0.4) is 0 Å². The van der Waals surface area contributed by atoms with Gasteiger partial charge in [-0.15, -0.1) is 0 Å². The van der Waals surface area contributed by atoms with Crippen LogP contribution in [-0.4, -0.2) is 43.7 Å². The molecule has 1 fully saturated rings. The summed E-state index contributed by atoms with van der Waals surface area (Å²) >= 11 is 0. The second kappa shape index (κ2) is 5.27. The van der Waals surface area contributed by atoms with Crippen LogP contribution < -0.4 is 5.32 Å². The normalized spacial score (nSPS) is 27.9. The van der Waals surface area contributed by atoms with Crippen molar-refractivity contribution in [2.24, 2.45) is 5.92 Å². The molecular formula is C10H21NO3S. The number of aliphatic hydroxyl groups is 1. The van der Waals surface area contributed by atoms with Crippen LogP contribution in [0.25, 0.3) is 0 Å². The van der Waals surface area contributed by atoms with Crippen LogP contribution in [-0.2, 0) is 9.84 Å². The molecular weight excluding hydrogens is 214 g/mol. The molecule has 1 aliphatic heterocycles. The van der Waals surface area contributed by atoms with E-state index in [1.807, 2.05) is 13.8 Å². The Hall–Kier alpha value is -0.130. The van der Waals surface area contributed by atoms with Crippen LogP contribution >= 0.6 is 0 Å². The van der Waals surface area contributed by atoms with Crippen molar-refractivity contribution in [1.82, 2.24) is 5.32 Å². The Balaban J connectivity index is 2.33. The van der Waals surface area contributed by atoms with Gasteiger partial charge in [0, 0.05) is 12.6 Å². The van der Waals surface area contributed by atoms with Crippen molar-refractivity contribution in [3.05, 3.63) is 0 Å². The molecule has 2 unspecified atom stereocenters. The highest BCUT2D eigenvalue weighted by Gasteiger charge is 2.24. The molecule has 0 aliphatic carbocycles. The van der Waals surface area contributed by atoms with Gasteiger partial charge in [0.15, 0.2) is 9.84 Å². The Kier molecular flexibility index (Phi) is 4.55. The highest BCUT2D eigenvalue weighted by atomic mass is 32.2. The van der Waals surface area contributed by atoms with E-state index in [9.17, 15) is 13.5 Å². The second-order valence-corrected chi connectivity index (χ2v) is 6.90. The molecule has 90 valence electrons. The second-order valence-electron chi connectivity index (χ2n) is 4.67. The van der Waals surface area contributed by atoms with Crippen molar-refractivity contribution in [1.29, 1.82) is 0 Å². The van der Waals surface area contributed by atoms with Gasteiger partial charge in [0.1, 0.15) is 0 Å². The van der Waals surface area contributed by atoms with Crippen molar-refractivity contribution >= 4 is 9.84 Å². The quantitative estimate of drug-likeness (QED) is 0.729. The third-order valence-electron chi connectivity index (χ3n) is 2.85. The highest BCUT2D eigenvalue weighted by Crippen LogP contribution is 2.12. The molecule has 0 radical (unpaired) electrons. The molecule has 15 heavy (non-hydrogen) atoms. The molecule has 1 heterocycles. The Morgan fingerprint density at radius 2 is 2.13 bits per heavy atom. The minimum atomic E-state index is -2.84. The minimum Gasteiger partial charge on any atom is -0.392 e. The lowest BCUT2D eigenvalue weighted by Gasteiger charge is -2.25. The summed E-state index contributed by atoms with van der Waals surface area (Å²) in [6.45, 7) is 4.38. The zero-order chi connectivity index (χ0) is 11.5. The molecule has 4 nitrogen and oxygen atoms in total. The first kappa shape index (κ1) is 12.9. The van der Waals surface area contributed by atoms with Gasteiger partial charge in [-0.25, -0.2) is 8.42 Å². The van der Waals surface area contributed by atoms with E-state index in [4.69, 9.17) is 0 Å². The summed E-state index contributed by atoms with van der Waals surface area (Å²) in [5.41, 5.74) is 0. The molecule has 2 atom stereocenters.